The summed E-state index contributed by atoms with van der Waals surface area (Å²) >= 11 is 0. The number of hydrogen-bond donors (Lipinski definition) is 2. The van der Waals surface area contributed by atoms with Crippen LogP contribution >= 0.6 is 0 Å². The van der Waals surface area contributed by atoms with Crippen molar-refractivity contribution in [3.63, 3.8) is 0 Å². The van der Waals surface area contributed by atoms with Crippen molar-refractivity contribution in [1.29, 1.82) is 0 Å². The maximum Gasteiger partial charge on any atom is 0.309 e. The van der Waals surface area contributed by atoms with E-state index in [1.165, 1.54) is 0 Å². The van der Waals surface area contributed by atoms with E-state index in [1.807, 2.05) is 32.0 Å². The van der Waals surface area contributed by atoms with Crippen LogP contribution in [0.25, 0.3) is 0 Å². The summed E-state index contributed by atoms with van der Waals surface area (Å²) in [5.74, 6) is -0.314. The molecule has 0 heterocycles. The second-order valence-electron chi connectivity index (χ2n) is 5.07. The van der Waals surface area contributed by atoms with Gasteiger partial charge in [-0.2, -0.15) is 0 Å². The predicted molar refractivity (Wildman–Crippen MR) is 75.6 cm³/mol. The van der Waals surface area contributed by atoms with E-state index in [-0.39, 0.29) is 6.04 Å². The lowest BCUT2D eigenvalue weighted by Gasteiger charge is -2.12. The Morgan fingerprint density at radius 1 is 1.20 bits per heavy atom. The van der Waals surface area contributed by atoms with E-state index in [9.17, 15) is 9.59 Å². The van der Waals surface area contributed by atoms with Crippen molar-refractivity contribution in [1.82, 2.24) is 10.6 Å². The fourth-order valence-corrected chi connectivity index (χ4v) is 1.90. The molecular formula is C15H20N2O3. The first-order valence-electron chi connectivity index (χ1n) is 6.85. The average molecular weight is 276 g/mol. The summed E-state index contributed by atoms with van der Waals surface area (Å²) in [6, 6.07) is 6.12. The molecule has 1 saturated carbocycles. The van der Waals surface area contributed by atoms with Crippen molar-refractivity contribution in [3.05, 3.63) is 29.3 Å². The van der Waals surface area contributed by atoms with Gasteiger partial charge in [0, 0.05) is 6.04 Å². The number of nitrogens with one attached hydrogen (secondary N) is 2. The molecule has 0 bridgehead atoms. The number of rotatable bonds is 5. The molecular weight excluding hydrogens is 256 g/mol. The van der Waals surface area contributed by atoms with Crippen LogP contribution in [0.4, 0.5) is 0 Å². The van der Waals surface area contributed by atoms with Crippen molar-refractivity contribution in [2.45, 2.75) is 32.7 Å². The second kappa shape index (κ2) is 6.41. The van der Waals surface area contributed by atoms with Gasteiger partial charge in [0.1, 0.15) is 12.4 Å². The normalized spacial score (nSPS) is 13.7. The highest BCUT2D eigenvalue weighted by molar-refractivity contribution is 6.35. The molecule has 0 saturated heterocycles. The van der Waals surface area contributed by atoms with Gasteiger partial charge < -0.3 is 15.4 Å². The van der Waals surface area contributed by atoms with E-state index in [1.54, 1.807) is 0 Å². The number of carbonyl (C=O) groups is 2. The summed E-state index contributed by atoms with van der Waals surface area (Å²) in [7, 11) is 0. The molecule has 0 aromatic heterocycles. The van der Waals surface area contributed by atoms with E-state index >= 15 is 0 Å². The van der Waals surface area contributed by atoms with Crippen LogP contribution in [0.2, 0.25) is 0 Å². The Bertz CT molecular complexity index is 490. The van der Waals surface area contributed by atoms with Gasteiger partial charge in [0.2, 0.25) is 0 Å². The number of aryl methyl sites for hydroxylation is 2. The third-order valence-electron chi connectivity index (χ3n) is 3.16. The zero-order valence-electron chi connectivity index (χ0n) is 11.9. The summed E-state index contributed by atoms with van der Waals surface area (Å²) in [4.78, 5) is 22.9. The lowest BCUT2D eigenvalue weighted by Crippen LogP contribution is -2.42. The minimum Gasteiger partial charge on any atom is -0.491 e. The molecule has 2 N–H and O–H groups in total. The van der Waals surface area contributed by atoms with Crippen LogP contribution in [0.1, 0.15) is 24.0 Å². The Hall–Kier alpha value is -2.04. The summed E-state index contributed by atoms with van der Waals surface area (Å²) in [6.07, 6.45) is 1.93. The first-order valence-corrected chi connectivity index (χ1v) is 6.85. The van der Waals surface area contributed by atoms with Crippen molar-refractivity contribution in [3.8, 4) is 5.75 Å². The van der Waals surface area contributed by atoms with Gasteiger partial charge in [-0.3, -0.25) is 9.59 Å². The quantitative estimate of drug-likeness (QED) is 0.624. The fraction of sp³-hybridized carbons (Fsp3) is 0.467. The van der Waals surface area contributed by atoms with Gasteiger partial charge >= 0.3 is 11.8 Å². The van der Waals surface area contributed by atoms with Crippen molar-refractivity contribution >= 4 is 11.8 Å². The molecule has 0 aliphatic heterocycles. The van der Waals surface area contributed by atoms with Crippen molar-refractivity contribution in [2.24, 2.45) is 0 Å². The predicted octanol–water partition coefficient (Wildman–Crippen LogP) is 1.08. The van der Waals surface area contributed by atoms with Gasteiger partial charge in [-0.25, -0.2) is 0 Å². The molecule has 2 amide bonds. The van der Waals surface area contributed by atoms with E-state index < -0.39 is 11.8 Å². The molecule has 1 aromatic rings. The molecule has 0 atom stereocenters. The van der Waals surface area contributed by atoms with E-state index in [0.717, 1.165) is 29.7 Å². The molecule has 0 radical (unpaired) electrons. The highest BCUT2D eigenvalue weighted by Gasteiger charge is 2.26. The second-order valence-corrected chi connectivity index (χ2v) is 5.07. The molecule has 0 spiro atoms. The van der Waals surface area contributed by atoms with Crippen LogP contribution < -0.4 is 15.4 Å². The third-order valence-corrected chi connectivity index (χ3v) is 3.16. The molecule has 2 rings (SSSR count). The van der Waals surface area contributed by atoms with Gasteiger partial charge in [0.05, 0.1) is 6.54 Å². The highest BCUT2D eigenvalue weighted by atomic mass is 16.5. The number of hydrogen-bond acceptors (Lipinski definition) is 3. The van der Waals surface area contributed by atoms with Crippen molar-refractivity contribution < 1.29 is 14.3 Å². The molecule has 1 fully saturated rings. The first-order chi connectivity index (χ1) is 9.58. The van der Waals surface area contributed by atoms with E-state index in [4.69, 9.17) is 4.74 Å². The smallest absolute Gasteiger partial charge is 0.309 e. The maximum atomic E-state index is 11.5. The largest absolute Gasteiger partial charge is 0.491 e. The van der Waals surface area contributed by atoms with Crippen LogP contribution in [0.5, 0.6) is 5.75 Å². The standard InChI is InChI=1S/C15H20N2O3/c1-10-4-3-5-11(2)13(10)20-9-8-16-14(18)15(19)17-12-6-7-12/h3-5,12H,6-9H2,1-2H3,(H,16,18)(H,17,19). The van der Waals surface area contributed by atoms with E-state index in [0.29, 0.717) is 13.2 Å². The Kier molecular flexibility index (Phi) is 4.61. The first kappa shape index (κ1) is 14.4. The fourth-order valence-electron chi connectivity index (χ4n) is 1.90. The summed E-state index contributed by atoms with van der Waals surface area (Å²) < 4.78 is 5.64. The molecule has 1 aliphatic rings. The van der Waals surface area contributed by atoms with Crippen LogP contribution in [0, 0.1) is 13.8 Å². The molecule has 0 unspecified atom stereocenters. The Balaban J connectivity index is 1.70. The molecule has 1 aliphatic carbocycles. The lowest BCUT2D eigenvalue weighted by atomic mass is 10.1. The van der Waals surface area contributed by atoms with Gasteiger partial charge in [-0.05, 0) is 37.8 Å². The summed E-state index contributed by atoms with van der Waals surface area (Å²) in [5.41, 5.74) is 2.12. The monoisotopic (exact) mass is 276 g/mol. The van der Waals surface area contributed by atoms with Gasteiger partial charge in [0.25, 0.3) is 0 Å². The van der Waals surface area contributed by atoms with Gasteiger partial charge in [-0.1, -0.05) is 18.2 Å². The van der Waals surface area contributed by atoms with Gasteiger partial charge in [-0.15, -0.1) is 0 Å². The number of amides is 2. The number of benzene rings is 1. The Morgan fingerprint density at radius 3 is 2.45 bits per heavy atom. The molecule has 108 valence electrons. The van der Waals surface area contributed by atoms with Crippen LogP contribution in [-0.2, 0) is 9.59 Å². The molecule has 1 aromatic carbocycles. The minimum absolute atomic E-state index is 0.194. The lowest BCUT2D eigenvalue weighted by molar-refractivity contribution is -0.139. The maximum absolute atomic E-state index is 11.5. The van der Waals surface area contributed by atoms with Crippen molar-refractivity contribution in [2.75, 3.05) is 13.2 Å². The van der Waals surface area contributed by atoms with Crippen LogP contribution in [0.15, 0.2) is 18.2 Å². The van der Waals surface area contributed by atoms with Crippen LogP contribution in [0.3, 0.4) is 0 Å². The third kappa shape index (κ3) is 3.98. The number of para-hydroxylation sites is 1. The zero-order chi connectivity index (χ0) is 14.5. The average Bonchev–Trinajstić information content (AvgIpc) is 3.21. The highest BCUT2D eigenvalue weighted by Crippen LogP contribution is 2.21. The summed E-state index contributed by atoms with van der Waals surface area (Å²) in [6.45, 7) is 4.60. The Labute approximate surface area is 118 Å². The van der Waals surface area contributed by atoms with E-state index in [2.05, 4.69) is 10.6 Å². The van der Waals surface area contributed by atoms with Gasteiger partial charge in [0.15, 0.2) is 0 Å². The number of carbonyl (C=O) groups excluding carboxylic acids is 2. The topological polar surface area (TPSA) is 67.4 Å². The number of ether oxygens (including phenoxy) is 1. The molecule has 5 nitrogen and oxygen atoms in total. The summed E-state index contributed by atoms with van der Waals surface area (Å²) in [5, 5.41) is 5.19. The minimum atomic E-state index is -0.595. The SMILES string of the molecule is Cc1cccc(C)c1OCCNC(=O)C(=O)NC1CC1. The Morgan fingerprint density at radius 2 is 1.85 bits per heavy atom. The van der Waals surface area contributed by atoms with Crippen LogP contribution in [-0.4, -0.2) is 31.0 Å². The molecule has 20 heavy (non-hydrogen) atoms. The molecule has 5 heteroatoms. The zero-order valence-corrected chi connectivity index (χ0v) is 11.9.